The van der Waals surface area contributed by atoms with Gasteiger partial charge in [-0.15, -0.1) is 0 Å². The zero-order valence-corrected chi connectivity index (χ0v) is 10.4. The van der Waals surface area contributed by atoms with E-state index in [1.54, 1.807) is 0 Å². The second-order valence-corrected chi connectivity index (χ2v) is 4.19. The molecule has 1 rings (SSSR count). The molecule has 0 saturated heterocycles. The van der Waals surface area contributed by atoms with Crippen LogP contribution < -0.4 is 5.32 Å². The van der Waals surface area contributed by atoms with E-state index in [1.807, 2.05) is 0 Å². The maximum Gasteiger partial charge on any atom is 0.326 e. The maximum absolute atomic E-state index is 10.9. The van der Waals surface area contributed by atoms with Crippen LogP contribution in [0.2, 0.25) is 10.2 Å². The molecule has 1 heterocycles. The lowest BCUT2D eigenvalue weighted by molar-refractivity contribution is -0.141. The van der Waals surface area contributed by atoms with Gasteiger partial charge in [-0.3, -0.25) is 4.79 Å². The third kappa shape index (κ3) is 4.20. The topological polar surface area (TPSA) is 79.3 Å². The van der Waals surface area contributed by atoms with Gasteiger partial charge in [0.05, 0.1) is 5.02 Å². The molecule has 0 aliphatic carbocycles. The van der Waals surface area contributed by atoms with Crippen molar-refractivity contribution in [3.8, 4) is 0 Å². The first-order chi connectivity index (χ1) is 7.90. The van der Waals surface area contributed by atoms with E-state index < -0.39 is 17.9 Å². The highest BCUT2D eigenvalue weighted by molar-refractivity contribution is 6.32. The SMILES string of the molecule is CC(=O)NC(Cc1cc(Cl)cnc1Cl)C(=O)O. The lowest BCUT2D eigenvalue weighted by atomic mass is 10.1. The summed E-state index contributed by atoms with van der Waals surface area (Å²) in [7, 11) is 0. The standard InChI is InChI=1S/C10H10Cl2N2O3/c1-5(15)14-8(10(16)17)3-6-2-7(11)4-13-9(6)12/h2,4,8H,3H2,1H3,(H,14,15)(H,16,17). The number of carboxylic acid groups (broad SMARTS) is 1. The third-order valence-corrected chi connectivity index (χ3v) is 2.52. The van der Waals surface area contributed by atoms with Gasteiger partial charge in [0.2, 0.25) is 5.91 Å². The molecule has 0 aliphatic heterocycles. The van der Waals surface area contributed by atoms with E-state index in [2.05, 4.69) is 10.3 Å². The van der Waals surface area contributed by atoms with E-state index in [-0.39, 0.29) is 11.6 Å². The van der Waals surface area contributed by atoms with Crippen LogP contribution >= 0.6 is 23.2 Å². The molecule has 5 nitrogen and oxygen atoms in total. The number of carbonyl (C=O) groups excluding carboxylic acids is 1. The van der Waals surface area contributed by atoms with Crippen molar-refractivity contribution in [1.29, 1.82) is 0 Å². The molecule has 0 aromatic carbocycles. The first-order valence-corrected chi connectivity index (χ1v) is 5.45. The molecular formula is C10H10Cl2N2O3. The van der Waals surface area contributed by atoms with Crippen molar-refractivity contribution in [2.24, 2.45) is 0 Å². The second-order valence-electron chi connectivity index (χ2n) is 3.40. The number of nitrogens with zero attached hydrogens (tertiary/aromatic N) is 1. The number of aromatic nitrogens is 1. The van der Waals surface area contributed by atoms with E-state index in [0.717, 1.165) is 0 Å². The molecule has 0 fully saturated rings. The minimum atomic E-state index is -1.14. The minimum Gasteiger partial charge on any atom is -0.480 e. The average molecular weight is 277 g/mol. The van der Waals surface area contributed by atoms with Gasteiger partial charge >= 0.3 is 5.97 Å². The predicted molar refractivity (Wildman–Crippen MR) is 63.2 cm³/mol. The van der Waals surface area contributed by atoms with Gasteiger partial charge < -0.3 is 10.4 Å². The fraction of sp³-hybridized carbons (Fsp3) is 0.300. The summed E-state index contributed by atoms with van der Waals surface area (Å²) in [4.78, 5) is 25.6. The van der Waals surface area contributed by atoms with Crippen LogP contribution in [-0.4, -0.2) is 28.0 Å². The highest BCUT2D eigenvalue weighted by Gasteiger charge is 2.20. The maximum atomic E-state index is 10.9. The number of amides is 1. The van der Waals surface area contributed by atoms with Crippen LogP contribution in [0.4, 0.5) is 0 Å². The van der Waals surface area contributed by atoms with Crippen LogP contribution in [0, 0.1) is 0 Å². The average Bonchev–Trinajstić information content (AvgIpc) is 2.21. The van der Waals surface area contributed by atoms with E-state index in [1.165, 1.54) is 19.2 Å². The first kappa shape index (κ1) is 13.7. The Morgan fingerprint density at radius 1 is 1.53 bits per heavy atom. The molecule has 1 unspecified atom stereocenters. The number of halogens is 2. The number of hydrogen-bond donors (Lipinski definition) is 2. The van der Waals surface area contributed by atoms with Crippen LogP contribution in [0.15, 0.2) is 12.3 Å². The zero-order chi connectivity index (χ0) is 13.0. The Bertz CT molecular complexity index is 451. The molecule has 0 bridgehead atoms. The third-order valence-electron chi connectivity index (χ3n) is 1.98. The fourth-order valence-electron chi connectivity index (χ4n) is 1.27. The van der Waals surface area contributed by atoms with Crippen LogP contribution in [0.25, 0.3) is 0 Å². The summed E-state index contributed by atoms with van der Waals surface area (Å²) < 4.78 is 0. The van der Waals surface area contributed by atoms with Gasteiger partial charge in [-0.05, 0) is 11.6 Å². The zero-order valence-electron chi connectivity index (χ0n) is 8.91. The van der Waals surface area contributed by atoms with Crippen molar-refractivity contribution in [1.82, 2.24) is 10.3 Å². The smallest absolute Gasteiger partial charge is 0.326 e. The highest BCUT2D eigenvalue weighted by Crippen LogP contribution is 2.19. The predicted octanol–water partition coefficient (Wildman–Crippen LogP) is 1.52. The number of carboxylic acids is 1. The van der Waals surface area contributed by atoms with Gasteiger partial charge in [-0.25, -0.2) is 9.78 Å². The summed E-state index contributed by atoms with van der Waals surface area (Å²) in [6.07, 6.45) is 1.39. The Morgan fingerprint density at radius 3 is 2.71 bits per heavy atom. The van der Waals surface area contributed by atoms with Gasteiger partial charge in [-0.2, -0.15) is 0 Å². The van der Waals surface area contributed by atoms with E-state index in [4.69, 9.17) is 28.3 Å². The van der Waals surface area contributed by atoms with Crippen LogP contribution in [-0.2, 0) is 16.0 Å². The molecule has 7 heteroatoms. The van der Waals surface area contributed by atoms with Gasteiger partial charge in [0.15, 0.2) is 0 Å². The second kappa shape index (κ2) is 5.84. The van der Waals surface area contributed by atoms with Crippen molar-refractivity contribution >= 4 is 35.1 Å². The van der Waals surface area contributed by atoms with Gasteiger partial charge in [0.1, 0.15) is 11.2 Å². The first-order valence-electron chi connectivity index (χ1n) is 4.70. The number of rotatable bonds is 4. The number of hydrogen-bond acceptors (Lipinski definition) is 3. The summed E-state index contributed by atoms with van der Waals surface area (Å²) in [6, 6.07) is 0.472. The normalized spacial score (nSPS) is 11.9. The molecule has 0 saturated carbocycles. The van der Waals surface area contributed by atoms with Crippen LogP contribution in [0.1, 0.15) is 12.5 Å². The van der Waals surface area contributed by atoms with Crippen molar-refractivity contribution in [2.75, 3.05) is 0 Å². The largest absolute Gasteiger partial charge is 0.480 e. The van der Waals surface area contributed by atoms with Gasteiger partial charge in [-0.1, -0.05) is 23.2 Å². The molecule has 1 amide bonds. The summed E-state index contributed by atoms with van der Waals surface area (Å²) in [5, 5.41) is 11.8. The molecule has 0 spiro atoms. The van der Waals surface area contributed by atoms with Gasteiger partial charge in [0, 0.05) is 19.5 Å². The molecule has 1 aromatic rings. The quantitative estimate of drug-likeness (QED) is 0.818. The van der Waals surface area contributed by atoms with E-state index >= 15 is 0 Å². The lowest BCUT2D eigenvalue weighted by Crippen LogP contribution is -2.41. The number of aliphatic carboxylic acids is 1. The van der Waals surface area contributed by atoms with Gasteiger partial charge in [0.25, 0.3) is 0 Å². The van der Waals surface area contributed by atoms with Crippen LogP contribution in [0.3, 0.4) is 0 Å². The number of nitrogens with one attached hydrogen (secondary N) is 1. The lowest BCUT2D eigenvalue weighted by Gasteiger charge is -2.13. The number of carbonyl (C=O) groups is 2. The summed E-state index contributed by atoms with van der Waals surface area (Å²) in [5.74, 6) is -1.57. The van der Waals surface area contributed by atoms with Crippen molar-refractivity contribution in [3.63, 3.8) is 0 Å². The summed E-state index contributed by atoms with van der Waals surface area (Å²) >= 11 is 11.5. The molecule has 92 valence electrons. The monoisotopic (exact) mass is 276 g/mol. The molecule has 17 heavy (non-hydrogen) atoms. The van der Waals surface area contributed by atoms with E-state index in [9.17, 15) is 9.59 Å². The van der Waals surface area contributed by atoms with Crippen LogP contribution in [0.5, 0.6) is 0 Å². The summed E-state index contributed by atoms with van der Waals surface area (Å²) in [6.45, 7) is 1.24. The van der Waals surface area contributed by atoms with Crippen molar-refractivity contribution < 1.29 is 14.7 Å². The highest BCUT2D eigenvalue weighted by atomic mass is 35.5. The minimum absolute atomic E-state index is 0.0291. The van der Waals surface area contributed by atoms with Crippen molar-refractivity contribution in [2.45, 2.75) is 19.4 Å². The van der Waals surface area contributed by atoms with E-state index in [0.29, 0.717) is 10.6 Å². The fourth-order valence-corrected chi connectivity index (χ4v) is 1.63. The Morgan fingerprint density at radius 2 is 2.18 bits per heavy atom. The Balaban J connectivity index is 2.89. The Kier molecular flexibility index (Phi) is 4.72. The molecule has 1 aromatic heterocycles. The van der Waals surface area contributed by atoms with Crippen molar-refractivity contribution in [3.05, 3.63) is 28.0 Å². The molecule has 0 radical (unpaired) electrons. The Hall–Kier alpha value is -1.33. The molecule has 0 aliphatic rings. The molecular weight excluding hydrogens is 267 g/mol. The summed E-state index contributed by atoms with van der Waals surface area (Å²) in [5.41, 5.74) is 0.473. The number of pyridine rings is 1. The Labute approximate surface area is 108 Å². The molecule has 2 N–H and O–H groups in total. The molecule has 1 atom stereocenters.